The Morgan fingerprint density at radius 2 is 1.84 bits per heavy atom. The van der Waals surface area contributed by atoms with Crippen molar-refractivity contribution >= 4 is 17.6 Å². The van der Waals surface area contributed by atoms with E-state index in [1.165, 1.54) is 5.56 Å². The largest absolute Gasteiger partial charge is 0.370 e. The van der Waals surface area contributed by atoms with Gasteiger partial charge in [0.2, 0.25) is 0 Å². The summed E-state index contributed by atoms with van der Waals surface area (Å²) in [5.41, 5.74) is 1.14. The molecule has 0 saturated carbocycles. The van der Waals surface area contributed by atoms with Crippen molar-refractivity contribution in [2.75, 3.05) is 17.6 Å². The molecule has 19 heavy (non-hydrogen) atoms. The molecule has 0 atom stereocenters. The smallest absolute Gasteiger partial charge is 0.137 e. The van der Waals surface area contributed by atoms with E-state index in [0.717, 1.165) is 29.0 Å². The molecule has 0 aromatic carbocycles. The highest BCUT2D eigenvalue weighted by Crippen LogP contribution is 2.29. The first-order valence-electron chi connectivity index (χ1n) is 7.01. The maximum Gasteiger partial charge on any atom is 0.137 e. The van der Waals surface area contributed by atoms with E-state index in [1.54, 1.807) is 0 Å². The van der Waals surface area contributed by atoms with E-state index < -0.39 is 0 Å². The van der Waals surface area contributed by atoms with Crippen molar-refractivity contribution in [3.8, 4) is 0 Å². The molecule has 0 unspecified atom stereocenters. The van der Waals surface area contributed by atoms with Crippen LogP contribution in [0.25, 0.3) is 0 Å². The van der Waals surface area contributed by atoms with Crippen molar-refractivity contribution in [1.82, 2.24) is 9.97 Å². The summed E-state index contributed by atoms with van der Waals surface area (Å²) in [4.78, 5) is 9.46. The topological polar surface area (TPSA) is 37.8 Å². The van der Waals surface area contributed by atoms with Gasteiger partial charge in [-0.05, 0) is 19.8 Å². The molecule has 0 amide bonds. The lowest BCUT2D eigenvalue weighted by atomic mass is 9.95. The summed E-state index contributed by atoms with van der Waals surface area (Å²) in [6.07, 6.45) is 0. The summed E-state index contributed by atoms with van der Waals surface area (Å²) in [7, 11) is 0. The van der Waals surface area contributed by atoms with Gasteiger partial charge in [0.1, 0.15) is 16.7 Å². The van der Waals surface area contributed by atoms with Gasteiger partial charge in [0.05, 0.1) is 0 Å². The average Bonchev–Trinajstić information content (AvgIpc) is 2.28. The Morgan fingerprint density at radius 1 is 1.21 bits per heavy atom. The molecular formula is C15H27N3S. The van der Waals surface area contributed by atoms with Gasteiger partial charge >= 0.3 is 0 Å². The Balaban J connectivity index is 3.16. The Morgan fingerprint density at radius 3 is 2.32 bits per heavy atom. The normalized spacial score (nSPS) is 12.0. The molecule has 1 aromatic heterocycles. The van der Waals surface area contributed by atoms with Gasteiger partial charge in [0, 0.05) is 23.3 Å². The van der Waals surface area contributed by atoms with Gasteiger partial charge in [0.15, 0.2) is 0 Å². The SMILES string of the molecule is CCNc1nc(C(C)(C)C)nc(SCC(C)C)c1C. The van der Waals surface area contributed by atoms with Crippen molar-refractivity contribution in [3.05, 3.63) is 11.4 Å². The van der Waals surface area contributed by atoms with E-state index in [9.17, 15) is 0 Å². The maximum absolute atomic E-state index is 4.77. The summed E-state index contributed by atoms with van der Waals surface area (Å²) in [5.74, 6) is 3.65. The standard InChI is InChI=1S/C15H27N3S/c1-8-16-12-11(4)13(19-9-10(2)3)18-14(17-12)15(5,6)7/h10H,8-9H2,1-7H3,(H,16,17,18). The summed E-state index contributed by atoms with van der Waals surface area (Å²) in [5, 5.41) is 4.47. The monoisotopic (exact) mass is 281 g/mol. The molecule has 1 rings (SSSR count). The van der Waals surface area contributed by atoms with Crippen LogP contribution in [0.2, 0.25) is 0 Å². The first kappa shape index (κ1) is 16.3. The predicted octanol–water partition coefficient (Wildman–Crippen LogP) is 4.26. The molecule has 0 aliphatic carbocycles. The highest BCUT2D eigenvalue weighted by Gasteiger charge is 2.21. The van der Waals surface area contributed by atoms with E-state index >= 15 is 0 Å². The third-order valence-electron chi connectivity index (χ3n) is 2.67. The summed E-state index contributed by atoms with van der Waals surface area (Å²) in [6, 6.07) is 0. The minimum Gasteiger partial charge on any atom is -0.370 e. The number of nitrogens with one attached hydrogen (secondary N) is 1. The van der Waals surface area contributed by atoms with Crippen molar-refractivity contribution in [1.29, 1.82) is 0 Å². The maximum atomic E-state index is 4.77. The molecule has 4 heteroatoms. The molecule has 0 fully saturated rings. The lowest BCUT2D eigenvalue weighted by molar-refractivity contribution is 0.538. The van der Waals surface area contributed by atoms with Gasteiger partial charge in [-0.25, -0.2) is 9.97 Å². The van der Waals surface area contributed by atoms with Gasteiger partial charge in [-0.2, -0.15) is 0 Å². The first-order chi connectivity index (χ1) is 8.75. The first-order valence-corrected chi connectivity index (χ1v) is 8.00. The van der Waals surface area contributed by atoms with E-state index in [0.29, 0.717) is 5.92 Å². The molecule has 0 spiro atoms. The average molecular weight is 281 g/mol. The Hall–Kier alpha value is -0.770. The molecular weight excluding hydrogens is 254 g/mol. The molecule has 0 aliphatic rings. The molecule has 0 aliphatic heterocycles. The van der Waals surface area contributed by atoms with E-state index in [4.69, 9.17) is 4.98 Å². The van der Waals surface area contributed by atoms with Gasteiger partial charge < -0.3 is 5.32 Å². The second-order valence-corrected chi connectivity index (χ2v) is 7.32. The number of hydrogen-bond donors (Lipinski definition) is 1. The van der Waals surface area contributed by atoms with Gasteiger partial charge in [0.25, 0.3) is 0 Å². The van der Waals surface area contributed by atoms with Crippen LogP contribution < -0.4 is 5.32 Å². The third-order valence-corrected chi connectivity index (χ3v) is 4.17. The van der Waals surface area contributed by atoms with Gasteiger partial charge in [-0.15, -0.1) is 11.8 Å². The molecule has 1 heterocycles. The molecule has 108 valence electrons. The fourth-order valence-corrected chi connectivity index (χ4v) is 2.51. The highest BCUT2D eigenvalue weighted by molar-refractivity contribution is 7.99. The number of thioether (sulfide) groups is 1. The Kier molecular flexibility index (Phi) is 5.65. The summed E-state index contributed by atoms with van der Waals surface area (Å²) >= 11 is 1.83. The van der Waals surface area contributed by atoms with Crippen molar-refractivity contribution < 1.29 is 0 Å². The molecule has 0 bridgehead atoms. The molecule has 0 radical (unpaired) electrons. The van der Waals surface area contributed by atoms with Crippen LogP contribution in [0.4, 0.5) is 5.82 Å². The summed E-state index contributed by atoms with van der Waals surface area (Å²) < 4.78 is 0. The van der Waals surface area contributed by atoms with Gasteiger partial charge in [-0.1, -0.05) is 34.6 Å². The number of hydrogen-bond acceptors (Lipinski definition) is 4. The second-order valence-electron chi connectivity index (χ2n) is 6.31. The van der Waals surface area contributed by atoms with Crippen LogP contribution in [-0.2, 0) is 5.41 Å². The van der Waals surface area contributed by atoms with Crippen LogP contribution in [0.1, 0.15) is 52.9 Å². The number of nitrogens with zero attached hydrogens (tertiary/aromatic N) is 2. The second kappa shape index (κ2) is 6.60. The van der Waals surface area contributed by atoms with Gasteiger partial charge in [-0.3, -0.25) is 0 Å². The fraction of sp³-hybridized carbons (Fsp3) is 0.733. The summed E-state index contributed by atoms with van der Waals surface area (Å²) in [6.45, 7) is 16.0. The Labute approximate surface area is 122 Å². The van der Waals surface area contributed by atoms with E-state index in [2.05, 4.69) is 58.8 Å². The fourth-order valence-electron chi connectivity index (χ4n) is 1.56. The van der Waals surface area contributed by atoms with E-state index in [-0.39, 0.29) is 5.41 Å². The molecule has 3 nitrogen and oxygen atoms in total. The Bertz CT molecular complexity index is 422. The van der Waals surface area contributed by atoms with Crippen molar-refractivity contribution in [2.24, 2.45) is 5.92 Å². The number of rotatable bonds is 5. The van der Waals surface area contributed by atoms with E-state index in [1.807, 2.05) is 11.8 Å². The van der Waals surface area contributed by atoms with Crippen LogP contribution in [0.15, 0.2) is 5.03 Å². The minimum atomic E-state index is -0.0228. The molecule has 1 N–H and O–H groups in total. The molecule has 1 aromatic rings. The number of anilines is 1. The van der Waals surface area contributed by atoms with Crippen molar-refractivity contribution in [3.63, 3.8) is 0 Å². The molecule has 0 saturated heterocycles. The van der Waals surface area contributed by atoms with Crippen molar-refractivity contribution in [2.45, 2.75) is 58.9 Å². The third kappa shape index (κ3) is 4.68. The minimum absolute atomic E-state index is 0.0228. The highest BCUT2D eigenvalue weighted by atomic mass is 32.2. The van der Waals surface area contributed by atoms with Crippen LogP contribution in [0.3, 0.4) is 0 Å². The van der Waals surface area contributed by atoms with Crippen LogP contribution in [-0.4, -0.2) is 22.3 Å². The zero-order valence-corrected chi connectivity index (χ0v) is 14.1. The zero-order chi connectivity index (χ0) is 14.6. The zero-order valence-electron chi connectivity index (χ0n) is 13.3. The lowest BCUT2D eigenvalue weighted by Crippen LogP contribution is -2.19. The number of aromatic nitrogens is 2. The lowest BCUT2D eigenvalue weighted by Gasteiger charge is -2.20. The van der Waals surface area contributed by atoms with Crippen LogP contribution >= 0.6 is 11.8 Å². The predicted molar refractivity (Wildman–Crippen MR) is 85.2 cm³/mol. The van der Waals surface area contributed by atoms with Crippen LogP contribution in [0, 0.1) is 12.8 Å². The quantitative estimate of drug-likeness (QED) is 0.646. The van der Waals surface area contributed by atoms with Crippen LogP contribution in [0.5, 0.6) is 0 Å².